The van der Waals surface area contributed by atoms with E-state index in [0.29, 0.717) is 0 Å². The van der Waals surface area contributed by atoms with E-state index in [1.165, 1.54) is 23.9 Å². The van der Waals surface area contributed by atoms with E-state index in [1.807, 2.05) is 13.8 Å². The van der Waals surface area contributed by atoms with Gasteiger partial charge in [-0.3, -0.25) is 14.3 Å². The van der Waals surface area contributed by atoms with Gasteiger partial charge in [0.05, 0.1) is 32.5 Å². The van der Waals surface area contributed by atoms with Gasteiger partial charge >= 0.3 is 5.69 Å². The van der Waals surface area contributed by atoms with Crippen LogP contribution in [0.4, 0.5) is 0 Å². The van der Waals surface area contributed by atoms with Crippen molar-refractivity contribution in [1.82, 2.24) is 9.55 Å². The summed E-state index contributed by atoms with van der Waals surface area (Å²) < 4.78 is 23.1. The fourth-order valence-corrected chi connectivity index (χ4v) is 3.23. The molecule has 10 nitrogen and oxygen atoms in total. The number of hydrogen-bond acceptors (Lipinski definition) is 8. The van der Waals surface area contributed by atoms with Crippen LogP contribution in [0.1, 0.15) is 20.1 Å². The van der Waals surface area contributed by atoms with Crippen LogP contribution in [0, 0.1) is 0 Å². The number of nitrogens with one attached hydrogen (secondary N) is 1. The molecule has 0 radical (unpaired) electrons. The van der Waals surface area contributed by atoms with E-state index >= 15 is 0 Å². The lowest BCUT2D eigenvalue weighted by Gasteiger charge is -2.27. The minimum atomic E-state index is -3.14. The molecule has 1 aromatic heterocycles. The number of methoxy groups -OCH3 is 1. The van der Waals surface area contributed by atoms with Crippen molar-refractivity contribution in [2.45, 2.75) is 32.3 Å². The van der Waals surface area contributed by atoms with Crippen molar-refractivity contribution in [3.8, 4) is 0 Å². The molecule has 0 aliphatic heterocycles. The molecule has 1 aromatic rings. The molecule has 0 amide bonds. The summed E-state index contributed by atoms with van der Waals surface area (Å²) in [5.41, 5.74) is -1.18. The van der Waals surface area contributed by atoms with E-state index in [2.05, 4.69) is 4.98 Å². The molecular formula is C15H27N2O8PS. The Morgan fingerprint density at radius 2 is 2.00 bits per heavy atom. The predicted molar refractivity (Wildman–Crippen MR) is 103 cm³/mol. The number of hydrogen-bond donors (Lipinski definition) is 3. The van der Waals surface area contributed by atoms with Gasteiger partial charge in [-0.2, -0.15) is 0 Å². The van der Waals surface area contributed by atoms with E-state index < -0.39 is 30.1 Å². The van der Waals surface area contributed by atoms with Crippen LogP contribution >= 0.6 is 6.49 Å². The van der Waals surface area contributed by atoms with E-state index in [9.17, 15) is 14.5 Å². The lowest BCUT2D eigenvalue weighted by molar-refractivity contribution is -0.130. The molecule has 0 spiro atoms. The monoisotopic (exact) mass is 426 g/mol. The van der Waals surface area contributed by atoms with Crippen LogP contribution in [0.2, 0.25) is 0 Å². The first kappa shape index (κ1) is 24.1. The average molecular weight is 426 g/mol. The maximum absolute atomic E-state index is 12.0. The number of aliphatic hydroxyl groups is 1. The molecule has 0 bridgehead atoms. The summed E-state index contributed by atoms with van der Waals surface area (Å²) in [5.74, 6) is 0. The minimum absolute atomic E-state index is 0.0219. The Hall–Kier alpha value is -0.910. The molecule has 27 heavy (non-hydrogen) atoms. The first-order valence-electron chi connectivity index (χ1n) is 8.33. The predicted octanol–water partition coefficient (Wildman–Crippen LogP) is -0.197. The van der Waals surface area contributed by atoms with Gasteiger partial charge < -0.3 is 28.7 Å². The number of ether oxygens (including phenoxy) is 3. The highest BCUT2D eigenvalue weighted by Gasteiger charge is 2.23. The van der Waals surface area contributed by atoms with E-state index in [-0.39, 0.29) is 38.7 Å². The Kier molecular flexibility index (Phi) is 10.6. The summed E-state index contributed by atoms with van der Waals surface area (Å²) >= 11 is 4.96. The number of aromatic amines is 1. The minimum Gasteiger partial charge on any atom is -0.396 e. The van der Waals surface area contributed by atoms with Gasteiger partial charge in [0.25, 0.3) is 5.56 Å². The smallest absolute Gasteiger partial charge is 0.330 e. The number of H-pyrrole nitrogens is 1. The van der Waals surface area contributed by atoms with Crippen LogP contribution in [0.15, 0.2) is 21.9 Å². The number of aromatic nitrogens is 2. The van der Waals surface area contributed by atoms with Crippen LogP contribution in [0.3, 0.4) is 0 Å². The maximum atomic E-state index is 12.0. The maximum Gasteiger partial charge on any atom is 0.330 e. The summed E-state index contributed by atoms with van der Waals surface area (Å²) in [6.45, 7) is 0.301. The summed E-state index contributed by atoms with van der Waals surface area (Å²) in [6.07, 6.45) is -0.366. The number of rotatable bonds is 13. The van der Waals surface area contributed by atoms with Gasteiger partial charge in [-0.15, -0.1) is 0 Å². The molecule has 3 atom stereocenters. The fraction of sp³-hybridized carbons (Fsp3) is 0.733. The van der Waals surface area contributed by atoms with Gasteiger partial charge in [-0.25, -0.2) is 4.79 Å². The second-order valence-electron chi connectivity index (χ2n) is 5.95. The molecule has 0 aromatic carbocycles. The van der Waals surface area contributed by atoms with Crippen LogP contribution < -0.4 is 11.2 Å². The van der Waals surface area contributed by atoms with Crippen molar-refractivity contribution in [3.63, 3.8) is 0 Å². The highest BCUT2D eigenvalue weighted by Crippen LogP contribution is 2.41. The van der Waals surface area contributed by atoms with Gasteiger partial charge in [0.15, 0.2) is 12.7 Å². The first-order valence-corrected chi connectivity index (χ1v) is 11.2. The van der Waals surface area contributed by atoms with E-state index in [0.717, 1.165) is 0 Å². The van der Waals surface area contributed by atoms with Crippen LogP contribution in [-0.2, 0) is 30.5 Å². The molecule has 0 aliphatic carbocycles. The lowest BCUT2D eigenvalue weighted by atomic mass is 10.4. The second-order valence-corrected chi connectivity index (χ2v) is 9.64. The Morgan fingerprint density at radius 1 is 1.30 bits per heavy atom. The average Bonchev–Trinajstić information content (AvgIpc) is 2.56. The van der Waals surface area contributed by atoms with Crippen molar-refractivity contribution in [3.05, 3.63) is 33.1 Å². The second kappa shape index (κ2) is 11.8. The SMILES string of the molecule is COC[C@@H](O[C@@H](COC(C)C)COP(O)(=S)CCO)n1ccc(=O)[nH]c1=O. The third-order valence-electron chi connectivity index (χ3n) is 3.28. The molecule has 12 heteroatoms. The van der Waals surface area contributed by atoms with Crippen molar-refractivity contribution in [2.75, 3.05) is 39.7 Å². The van der Waals surface area contributed by atoms with Crippen LogP contribution in [0.25, 0.3) is 0 Å². The van der Waals surface area contributed by atoms with Crippen molar-refractivity contribution < 1.29 is 28.7 Å². The Balaban J connectivity index is 2.94. The molecule has 0 fully saturated rings. The van der Waals surface area contributed by atoms with Gasteiger partial charge in [-0.1, -0.05) is 0 Å². The highest BCUT2D eigenvalue weighted by atomic mass is 32.5. The van der Waals surface area contributed by atoms with Gasteiger partial charge in [-0.05, 0) is 25.7 Å². The first-order chi connectivity index (χ1) is 12.7. The molecule has 0 aliphatic rings. The fourth-order valence-electron chi connectivity index (χ4n) is 2.02. The molecule has 1 heterocycles. The molecular weight excluding hydrogens is 399 g/mol. The van der Waals surface area contributed by atoms with Crippen LogP contribution in [-0.4, -0.2) is 71.5 Å². The highest BCUT2D eigenvalue weighted by molar-refractivity contribution is 8.09. The van der Waals surface area contributed by atoms with Crippen molar-refractivity contribution in [1.29, 1.82) is 0 Å². The summed E-state index contributed by atoms with van der Waals surface area (Å²) in [5, 5.41) is 8.94. The molecule has 0 saturated carbocycles. The normalized spacial score (nSPS) is 16.2. The van der Waals surface area contributed by atoms with Crippen molar-refractivity contribution >= 4 is 18.3 Å². The van der Waals surface area contributed by atoms with Crippen molar-refractivity contribution in [2.24, 2.45) is 0 Å². The standard InChI is InChI=1S/C15H27N2O8PS/c1-11(2)23-8-12(9-24-26(21,27)7-6-18)25-14(10-22-3)17-5-4-13(19)16-15(17)20/h4-5,11-12,14,18H,6-10H2,1-3H3,(H,21,27)(H,16,19,20)/t12-,14+,26?/m0/s1. The topological polar surface area (TPSA) is 132 Å². The number of aliphatic hydroxyl groups excluding tert-OH is 1. The van der Waals surface area contributed by atoms with Gasteiger partial charge in [0, 0.05) is 25.5 Å². The molecule has 156 valence electrons. The molecule has 3 N–H and O–H groups in total. The Bertz CT molecular complexity index is 722. The Morgan fingerprint density at radius 3 is 2.56 bits per heavy atom. The summed E-state index contributed by atoms with van der Waals surface area (Å²) in [4.78, 5) is 35.4. The zero-order valence-corrected chi connectivity index (χ0v) is 17.3. The largest absolute Gasteiger partial charge is 0.396 e. The quantitative estimate of drug-likeness (QED) is 0.367. The lowest BCUT2D eigenvalue weighted by Crippen LogP contribution is -2.38. The molecule has 1 unspecified atom stereocenters. The van der Waals surface area contributed by atoms with E-state index in [1.54, 1.807) is 0 Å². The molecule has 0 saturated heterocycles. The third kappa shape index (κ3) is 9.22. The zero-order valence-electron chi connectivity index (χ0n) is 15.6. The Labute approximate surface area is 162 Å². The summed E-state index contributed by atoms with van der Waals surface area (Å²) in [7, 11) is 1.44. The van der Waals surface area contributed by atoms with Gasteiger partial charge in [0.1, 0.15) is 6.10 Å². The van der Waals surface area contributed by atoms with Gasteiger partial charge in [0.2, 0.25) is 0 Å². The zero-order chi connectivity index (χ0) is 20.4. The van der Waals surface area contributed by atoms with E-state index in [4.69, 9.17) is 35.6 Å². The van der Waals surface area contributed by atoms with Crippen LogP contribution in [0.5, 0.6) is 0 Å². The summed E-state index contributed by atoms with van der Waals surface area (Å²) in [6, 6.07) is 1.19. The third-order valence-corrected chi connectivity index (χ3v) is 5.46. The molecule has 1 rings (SSSR count). The number of nitrogens with zero attached hydrogens (tertiary/aromatic N) is 1.